The van der Waals surface area contributed by atoms with Gasteiger partial charge in [0.2, 0.25) is 5.91 Å². The fourth-order valence-electron chi connectivity index (χ4n) is 4.06. The van der Waals surface area contributed by atoms with Gasteiger partial charge >= 0.3 is 0 Å². The second-order valence-electron chi connectivity index (χ2n) is 8.20. The van der Waals surface area contributed by atoms with Crippen LogP contribution >= 0.6 is 11.6 Å². The van der Waals surface area contributed by atoms with Crippen molar-refractivity contribution >= 4 is 29.1 Å². The van der Waals surface area contributed by atoms with E-state index < -0.39 is 0 Å². The third kappa shape index (κ3) is 5.35. The number of nitrogens with zero attached hydrogens (tertiary/aromatic N) is 3. The zero-order valence-electron chi connectivity index (χ0n) is 18.4. The molecule has 0 unspecified atom stereocenters. The lowest BCUT2D eigenvalue weighted by Gasteiger charge is -2.22. The minimum absolute atomic E-state index is 0.141. The number of hydrogen-bond donors (Lipinski definition) is 3. The van der Waals surface area contributed by atoms with Crippen LogP contribution in [0.15, 0.2) is 18.5 Å². The molecule has 0 aliphatic carbocycles. The summed E-state index contributed by atoms with van der Waals surface area (Å²) in [6, 6.07) is 1.74. The smallest absolute Gasteiger partial charge is 0.232 e. The van der Waals surface area contributed by atoms with Gasteiger partial charge in [-0.3, -0.25) is 9.78 Å². The van der Waals surface area contributed by atoms with Crippen LogP contribution in [0.4, 0.5) is 11.6 Å². The van der Waals surface area contributed by atoms with Crippen LogP contribution in [-0.4, -0.2) is 66.9 Å². The lowest BCUT2D eigenvalue weighted by molar-refractivity contribution is -0.122. The van der Waals surface area contributed by atoms with E-state index in [-0.39, 0.29) is 17.9 Å². The van der Waals surface area contributed by atoms with Crippen LogP contribution in [0, 0.1) is 18.8 Å². The van der Waals surface area contributed by atoms with E-state index in [0.29, 0.717) is 46.9 Å². The molecule has 0 saturated carbocycles. The highest BCUT2D eigenvalue weighted by Crippen LogP contribution is 2.31. The Morgan fingerprint density at radius 1 is 1.25 bits per heavy atom. The Kier molecular flexibility index (Phi) is 7.51. The van der Waals surface area contributed by atoms with Gasteiger partial charge in [0.05, 0.1) is 34.6 Å². The summed E-state index contributed by atoms with van der Waals surface area (Å²) in [5.74, 6) is 1.24. The number of halogens is 1. The number of amides is 1. The average Bonchev–Trinajstić information content (AvgIpc) is 3.30. The van der Waals surface area contributed by atoms with Crippen LogP contribution in [-0.2, 0) is 14.3 Å². The molecule has 2 saturated heterocycles. The molecule has 2 aliphatic rings. The quantitative estimate of drug-likeness (QED) is 0.578. The number of hydrogen-bond acceptors (Lipinski definition) is 8. The first-order valence-corrected chi connectivity index (χ1v) is 11.3. The maximum Gasteiger partial charge on any atom is 0.232 e. The molecular formula is C22H29ClN6O3. The first-order chi connectivity index (χ1) is 15.5. The molecule has 4 heterocycles. The normalized spacial score (nSPS) is 21.5. The predicted octanol–water partition coefficient (Wildman–Crippen LogP) is 2.51. The van der Waals surface area contributed by atoms with Gasteiger partial charge in [-0.05, 0) is 31.7 Å². The lowest BCUT2D eigenvalue weighted by atomic mass is 10.0. The number of carbonyl (C=O) groups excluding carboxylic acids is 1. The molecule has 0 aromatic carbocycles. The first-order valence-electron chi connectivity index (χ1n) is 10.9. The van der Waals surface area contributed by atoms with Gasteiger partial charge in [-0.15, -0.1) is 0 Å². The van der Waals surface area contributed by atoms with Crippen LogP contribution in [0.2, 0.25) is 5.02 Å². The van der Waals surface area contributed by atoms with Crippen molar-refractivity contribution in [3.05, 3.63) is 29.2 Å². The zero-order valence-corrected chi connectivity index (χ0v) is 19.1. The summed E-state index contributed by atoms with van der Waals surface area (Å²) in [7, 11) is 1.61. The number of aromatic nitrogens is 3. The number of ether oxygens (including phenoxy) is 2. The van der Waals surface area contributed by atoms with Crippen molar-refractivity contribution in [2.75, 3.05) is 50.6 Å². The third-order valence-corrected chi connectivity index (χ3v) is 6.33. The van der Waals surface area contributed by atoms with E-state index in [0.717, 1.165) is 38.3 Å². The van der Waals surface area contributed by atoms with Crippen molar-refractivity contribution in [2.45, 2.75) is 25.9 Å². The predicted molar refractivity (Wildman–Crippen MR) is 123 cm³/mol. The highest BCUT2D eigenvalue weighted by Gasteiger charge is 2.33. The molecule has 9 nitrogen and oxygen atoms in total. The Morgan fingerprint density at radius 2 is 2.06 bits per heavy atom. The van der Waals surface area contributed by atoms with E-state index in [4.69, 9.17) is 26.1 Å². The van der Waals surface area contributed by atoms with E-state index in [9.17, 15) is 4.79 Å². The van der Waals surface area contributed by atoms with Gasteiger partial charge < -0.3 is 25.4 Å². The second kappa shape index (κ2) is 10.5. The molecule has 32 heavy (non-hydrogen) atoms. The standard InChI is InChI=1S/C22H29ClN6O3/c1-13-21(28-20(12-25-13)26-8-14-3-5-32-6-4-14)15-7-19(27-10-17(15)23)29-22(30)16-9-24-11-18(16)31-2/h7,10,12,14,16,18,24H,3-6,8-9,11H2,1-2H3,(H,26,28)(H,27,29,30)/t16-,18-/m0/s1. The molecule has 0 spiro atoms. The molecule has 172 valence electrons. The fourth-order valence-corrected chi connectivity index (χ4v) is 4.25. The molecule has 4 rings (SSSR count). The van der Waals surface area contributed by atoms with Gasteiger partial charge in [-0.2, -0.15) is 0 Å². The summed E-state index contributed by atoms with van der Waals surface area (Å²) < 4.78 is 10.8. The molecule has 2 aliphatic heterocycles. The minimum Gasteiger partial charge on any atom is -0.381 e. The van der Waals surface area contributed by atoms with Crippen molar-refractivity contribution in [3.63, 3.8) is 0 Å². The van der Waals surface area contributed by atoms with E-state index in [1.54, 1.807) is 19.4 Å². The molecule has 0 bridgehead atoms. The Hall–Kier alpha value is -2.33. The Balaban J connectivity index is 1.50. The van der Waals surface area contributed by atoms with Crippen molar-refractivity contribution in [1.29, 1.82) is 0 Å². The largest absolute Gasteiger partial charge is 0.381 e. The monoisotopic (exact) mass is 460 g/mol. The summed E-state index contributed by atoms with van der Waals surface area (Å²) in [6.45, 7) is 5.53. The molecular weight excluding hydrogens is 432 g/mol. The Bertz CT molecular complexity index is 953. The lowest BCUT2D eigenvalue weighted by Crippen LogP contribution is -2.33. The number of carbonyl (C=O) groups is 1. The minimum atomic E-state index is -0.278. The van der Waals surface area contributed by atoms with Crippen molar-refractivity contribution in [3.8, 4) is 11.3 Å². The number of pyridine rings is 1. The summed E-state index contributed by atoms with van der Waals surface area (Å²) in [5.41, 5.74) is 2.07. The van der Waals surface area contributed by atoms with Crippen molar-refractivity contribution < 1.29 is 14.3 Å². The number of aryl methyl sites for hydroxylation is 1. The molecule has 3 N–H and O–H groups in total. The van der Waals surface area contributed by atoms with Crippen molar-refractivity contribution in [2.24, 2.45) is 11.8 Å². The molecule has 2 aromatic rings. The van der Waals surface area contributed by atoms with Crippen LogP contribution in [0.1, 0.15) is 18.5 Å². The highest BCUT2D eigenvalue weighted by molar-refractivity contribution is 6.33. The summed E-state index contributed by atoms with van der Waals surface area (Å²) in [4.78, 5) is 26.2. The van der Waals surface area contributed by atoms with Gasteiger partial charge in [0.25, 0.3) is 0 Å². The molecule has 2 aromatic heterocycles. The molecule has 10 heteroatoms. The summed E-state index contributed by atoms with van der Waals surface area (Å²) in [6.07, 6.45) is 5.18. The average molecular weight is 461 g/mol. The Labute approximate surface area is 192 Å². The van der Waals surface area contributed by atoms with Crippen LogP contribution in [0.3, 0.4) is 0 Å². The first kappa shape index (κ1) is 22.8. The molecule has 0 radical (unpaired) electrons. The maximum absolute atomic E-state index is 12.7. The Morgan fingerprint density at radius 3 is 2.84 bits per heavy atom. The van der Waals surface area contributed by atoms with Gasteiger partial charge in [0.1, 0.15) is 11.6 Å². The fraction of sp³-hybridized carbons (Fsp3) is 0.545. The van der Waals surface area contributed by atoms with Crippen molar-refractivity contribution in [1.82, 2.24) is 20.3 Å². The van der Waals surface area contributed by atoms with Gasteiger partial charge in [0, 0.05) is 51.7 Å². The number of anilines is 2. The van der Waals surface area contributed by atoms with E-state index >= 15 is 0 Å². The summed E-state index contributed by atoms with van der Waals surface area (Å²) in [5, 5.41) is 9.89. The number of methoxy groups -OCH3 is 1. The number of nitrogens with one attached hydrogen (secondary N) is 3. The maximum atomic E-state index is 12.7. The van der Waals surface area contributed by atoms with Gasteiger partial charge in [-0.25, -0.2) is 9.97 Å². The zero-order chi connectivity index (χ0) is 22.5. The van der Waals surface area contributed by atoms with E-state index in [2.05, 4.69) is 25.9 Å². The summed E-state index contributed by atoms with van der Waals surface area (Å²) >= 11 is 6.46. The van der Waals surface area contributed by atoms with E-state index in [1.165, 1.54) is 6.20 Å². The van der Waals surface area contributed by atoms with Crippen LogP contribution in [0.25, 0.3) is 11.3 Å². The van der Waals surface area contributed by atoms with E-state index in [1.807, 2.05) is 6.92 Å². The molecule has 2 atom stereocenters. The van der Waals surface area contributed by atoms with Crippen LogP contribution < -0.4 is 16.0 Å². The third-order valence-electron chi connectivity index (χ3n) is 6.03. The highest BCUT2D eigenvalue weighted by atomic mass is 35.5. The van der Waals surface area contributed by atoms with Crippen LogP contribution in [0.5, 0.6) is 0 Å². The topological polar surface area (TPSA) is 110 Å². The van der Waals surface area contributed by atoms with Gasteiger partial charge in [-0.1, -0.05) is 11.6 Å². The number of rotatable bonds is 7. The molecule has 2 fully saturated rings. The SMILES string of the molecule is CO[C@H]1CNC[C@@H]1C(=O)Nc1cc(-c2nc(NCC3CCOCC3)cnc2C)c(Cl)cn1. The van der Waals surface area contributed by atoms with Gasteiger partial charge in [0.15, 0.2) is 0 Å². The molecule has 1 amide bonds. The second-order valence-corrected chi connectivity index (χ2v) is 8.61.